The molecule has 1 aliphatic heterocycles. The molecular formula is C17H24N4S. The standard InChI is InChI=1S/C17H24N4S/c1-19(2)13-17-15(5-11-22-17)16-12-14(4-6-18-16)21-9-7-20(3)8-10-21/h4-6,11-12H,7-10,13H2,1-3H3. The van der Waals surface area contributed by atoms with Gasteiger partial charge >= 0.3 is 0 Å². The highest BCUT2D eigenvalue weighted by Crippen LogP contribution is 2.30. The van der Waals surface area contributed by atoms with Crippen molar-refractivity contribution < 1.29 is 0 Å². The number of piperazine rings is 1. The average Bonchev–Trinajstić information content (AvgIpc) is 2.95. The zero-order valence-electron chi connectivity index (χ0n) is 13.6. The molecule has 0 bridgehead atoms. The number of pyridine rings is 1. The van der Waals surface area contributed by atoms with Crippen molar-refractivity contribution in [3.05, 3.63) is 34.7 Å². The van der Waals surface area contributed by atoms with Gasteiger partial charge in [-0.3, -0.25) is 4.98 Å². The minimum Gasteiger partial charge on any atom is -0.369 e. The van der Waals surface area contributed by atoms with Crippen LogP contribution in [0, 0.1) is 0 Å². The fourth-order valence-corrected chi connectivity index (χ4v) is 3.81. The smallest absolute Gasteiger partial charge is 0.0734 e. The van der Waals surface area contributed by atoms with E-state index in [1.807, 2.05) is 17.5 Å². The summed E-state index contributed by atoms with van der Waals surface area (Å²) >= 11 is 1.81. The summed E-state index contributed by atoms with van der Waals surface area (Å²) in [6.45, 7) is 5.40. The minimum absolute atomic E-state index is 0.966. The lowest BCUT2D eigenvalue weighted by atomic mass is 10.1. The third kappa shape index (κ3) is 3.48. The third-order valence-corrected chi connectivity index (χ3v) is 5.00. The van der Waals surface area contributed by atoms with Crippen LogP contribution in [-0.2, 0) is 6.54 Å². The van der Waals surface area contributed by atoms with Gasteiger partial charge in [-0.25, -0.2) is 0 Å². The van der Waals surface area contributed by atoms with Crippen LogP contribution in [0.1, 0.15) is 4.88 Å². The lowest BCUT2D eigenvalue weighted by Crippen LogP contribution is -2.44. The van der Waals surface area contributed by atoms with Gasteiger partial charge in [0.1, 0.15) is 0 Å². The number of anilines is 1. The Hall–Kier alpha value is -1.43. The third-order valence-electron chi connectivity index (χ3n) is 4.09. The Kier molecular flexibility index (Phi) is 4.76. The Morgan fingerprint density at radius 3 is 2.68 bits per heavy atom. The molecule has 22 heavy (non-hydrogen) atoms. The molecule has 2 aromatic heterocycles. The molecule has 0 aliphatic carbocycles. The van der Waals surface area contributed by atoms with Gasteiger partial charge in [-0.2, -0.15) is 0 Å². The molecule has 1 fully saturated rings. The van der Waals surface area contributed by atoms with Crippen molar-refractivity contribution in [3.63, 3.8) is 0 Å². The molecule has 5 heteroatoms. The maximum absolute atomic E-state index is 4.61. The summed E-state index contributed by atoms with van der Waals surface area (Å²) < 4.78 is 0. The van der Waals surface area contributed by atoms with E-state index in [4.69, 9.17) is 0 Å². The molecule has 4 nitrogen and oxygen atoms in total. The molecule has 118 valence electrons. The van der Waals surface area contributed by atoms with Gasteiger partial charge in [-0.15, -0.1) is 11.3 Å². The van der Waals surface area contributed by atoms with Crippen LogP contribution >= 0.6 is 11.3 Å². The quantitative estimate of drug-likeness (QED) is 0.865. The molecule has 1 saturated heterocycles. The first-order valence-electron chi connectivity index (χ1n) is 7.74. The molecule has 0 amide bonds. The summed E-state index contributed by atoms with van der Waals surface area (Å²) in [5.41, 5.74) is 3.66. The van der Waals surface area contributed by atoms with Crippen molar-refractivity contribution in [2.45, 2.75) is 6.54 Å². The number of aromatic nitrogens is 1. The molecule has 3 heterocycles. The fourth-order valence-electron chi connectivity index (χ4n) is 2.81. The second kappa shape index (κ2) is 6.77. The summed E-state index contributed by atoms with van der Waals surface area (Å²) in [5, 5.41) is 2.17. The summed E-state index contributed by atoms with van der Waals surface area (Å²) in [5.74, 6) is 0. The SMILES string of the molecule is CN(C)Cc1sccc1-c1cc(N2CCN(C)CC2)ccn1. The molecule has 0 aromatic carbocycles. The number of likely N-dealkylation sites (N-methyl/N-ethyl adjacent to an activating group) is 1. The Balaban J connectivity index is 1.84. The molecule has 0 N–H and O–H groups in total. The van der Waals surface area contributed by atoms with Crippen LogP contribution in [0.4, 0.5) is 5.69 Å². The first-order valence-corrected chi connectivity index (χ1v) is 8.62. The van der Waals surface area contributed by atoms with Gasteiger partial charge in [-0.1, -0.05) is 0 Å². The minimum atomic E-state index is 0.966. The predicted octanol–water partition coefficient (Wildman–Crippen LogP) is 2.62. The van der Waals surface area contributed by atoms with E-state index in [1.54, 1.807) is 0 Å². The van der Waals surface area contributed by atoms with Gasteiger partial charge in [0, 0.05) is 55.0 Å². The lowest BCUT2D eigenvalue weighted by Gasteiger charge is -2.34. The second-order valence-electron chi connectivity index (χ2n) is 6.18. The molecule has 0 radical (unpaired) electrons. The Morgan fingerprint density at radius 2 is 1.95 bits per heavy atom. The maximum Gasteiger partial charge on any atom is 0.0734 e. The van der Waals surface area contributed by atoms with Crippen LogP contribution in [0.5, 0.6) is 0 Å². The topological polar surface area (TPSA) is 22.6 Å². The van der Waals surface area contributed by atoms with E-state index in [0.717, 1.165) is 38.4 Å². The van der Waals surface area contributed by atoms with Gasteiger partial charge in [0.2, 0.25) is 0 Å². The second-order valence-corrected chi connectivity index (χ2v) is 7.19. The molecule has 1 aliphatic rings. The largest absolute Gasteiger partial charge is 0.369 e. The Labute approximate surface area is 137 Å². The highest BCUT2D eigenvalue weighted by atomic mass is 32.1. The normalized spacial score (nSPS) is 16.5. The Morgan fingerprint density at radius 1 is 1.18 bits per heavy atom. The summed E-state index contributed by atoms with van der Waals surface area (Å²) in [4.78, 5) is 13.0. The summed E-state index contributed by atoms with van der Waals surface area (Å²) in [6, 6.07) is 6.57. The molecule has 0 atom stereocenters. The van der Waals surface area contributed by atoms with Crippen molar-refractivity contribution in [2.24, 2.45) is 0 Å². The zero-order valence-corrected chi connectivity index (χ0v) is 14.4. The van der Waals surface area contributed by atoms with E-state index in [9.17, 15) is 0 Å². The summed E-state index contributed by atoms with van der Waals surface area (Å²) in [7, 11) is 6.41. The highest BCUT2D eigenvalue weighted by molar-refractivity contribution is 7.10. The first-order chi connectivity index (χ1) is 10.6. The van der Waals surface area contributed by atoms with E-state index < -0.39 is 0 Å². The van der Waals surface area contributed by atoms with Crippen LogP contribution in [0.25, 0.3) is 11.3 Å². The monoisotopic (exact) mass is 316 g/mol. The van der Waals surface area contributed by atoms with E-state index in [1.165, 1.54) is 16.1 Å². The van der Waals surface area contributed by atoms with Crippen LogP contribution in [0.2, 0.25) is 0 Å². The number of rotatable bonds is 4. The van der Waals surface area contributed by atoms with E-state index in [0.29, 0.717) is 0 Å². The maximum atomic E-state index is 4.61. The van der Waals surface area contributed by atoms with Gasteiger partial charge in [0.05, 0.1) is 5.69 Å². The van der Waals surface area contributed by atoms with Crippen molar-refractivity contribution in [3.8, 4) is 11.3 Å². The van der Waals surface area contributed by atoms with Gasteiger partial charge in [0.25, 0.3) is 0 Å². The first kappa shape index (κ1) is 15.5. The van der Waals surface area contributed by atoms with Gasteiger partial charge in [0.15, 0.2) is 0 Å². The van der Waals surface area contributed by atoms with Crippen molar-refractivity contribution in [1.82, 2.24) is 14.8 Å². The van der Waals surface area contributed by atoms with Crippen LogP contribution < -0.4 is 4.90 Å². The molecule has 0 spiro atoms. The fraction of sp³-hybridized carbons (Fsp3) is 0.471. The number of thiophene rings is 1. The number of hydrogen-bond acceptors (Lipinski definition) is 5. The predicted molar refractivity (Wildman–Crippen MR) is 94.7 cm³/mol. The molecule has 2 aromatic rings. The zero-order chi connectivity index (χ0) is 15.5. The highest BCUT2D eigenvalue weighted by Gasteiger charge is 2.16. The van der Waals surface area contributed by atoms with Crippen LogP contribution in [0.15, 0.2) is 29.8 Å². The van der Waals surface area contributed by atoms with E-state index >= 15 is 0 Å². The van der Waals surface area contributed by atoms with Crippen molar-refractivity contribution in [1.29, 1.82) is 0 Å². The molecule has 3 rings (SSSR count). The van der Waals surface area contributed by atoms with Crippen LogP contribution in [-0.4, -0.2) is 62.1 Å². The lowest BCUT2D eigenvalue weighted by molar-refractivity contribution is 0.313. The van der Waals surface area contributed by atoms with Gasteiger partial charge in [-0.05, 0) is 44.7 Å². The number of nitrogens with zero attached hydrogens (tertiary/aromatic N) is 4. The average molecular weight is 316 g/mol. The van der Waals surface area contributed by atoms with Crippen LogP contribution in [0.3, 0.4) is 0 Å². The van der Waals surface area contributed by atoms with Gasteiger partial charge < -0.3 is 14.7 Å². The molecular weight excluding hydrogens is 292 g/mol. The van der Waals surface area contributed by atoms with Crippen molar-refractivity contribution in [2.75, 3.05) is 52.2 Å². The molecule has 0 unspecified atom stereocenters. The molecule has 0 saturated carbocycles. The van der Waals surface area contributed by atoms with E-state index in [-0.39, 0.29) is 0 Å². The Bertz CT molecular complexity index is 615. The summed E-state index contributed by atoms with van der Waals surface area (Å²) in [6.07, 6.45) is 1.94. The van der Waals surface area contributed by atoms with Crippen molar-refractivity contribution >= 4 is 17.0 Å². The van der Waals surface area contributed by atoms with E-state index in [2.05, 4.69) is 64.4 Å². The number of hydrogen-bond donors (Lipinski definition) is 0.